The lowest BCUT2D eigenvalue weighted by Crippen LogP contribution is -2.23. The minimum atomic E-state index is -0.0117. The van der Waals surface area contributed by atoms with Gasteiger partial charge < -0.3 is 14.8 Å². The van der Waals surface area contributed by atoms with Crippen LogP contribution >= 0.6 is 0 Å². The normalized spacial score (nSPS) is 13.0. The second kappa shape index (κ2) is 7.22. The van der Waals surface area contributed by atoms with Crippen molar-refractivity contribution in [3.8, 4) is 11.5 Å². The molecule has 2 aromatic heterocycles. The third kappa shape index (κ3) is 3.55. The van der Waals surface area contributed by atoms with Gasteiger partial charge in [-0.2, -0.15) is 10.1 Å². The minimum absolute atomic E-state index is 0.0117. The zero-order valence-electron chi connectivity index (χ0n) is 15.4. The molecule has 0 bridgehead atoms. The predicted molar refractivity (Wildman–Crippen MR) is 97.9 cm³/mol. The van der Waals surface area contributed by atoms with Gasteiger partial charge in [0, 0.05) is 24.4 Å². The average Bonchev–Trinajstić information content (AvgIpc) is 3.14. The van der Waals surface area contributed by atoms with Crippen LogP contribution in [0.15, 0.2) is 24.5 Å². The van der Waals surface area contributed by atoms with E-state index in [1.54, 1.807) is 4.52 Å². The zero-order chi connectivity index (χ0) is 18.8. The van der Waals surface area contributed by atoms with E-state index in [0.29, 0.717) is 38.4 Å². The van der Waals surface area contributed by atoms with Gasteiger partial charge >= 0.3 is 0 Å². The van der Waals surface area contributed by atoms with Crippen molar-refractivity contribution in [2.45, 2.75) is 33.2 Å². The van der Waals surface area contributed by atoms with E-state index in [1.165, 1.54) is 6.33 Å². The molecule has 0 spiro atoms. The quantitative estimate of drug-likeness (QED) is 0.739. The van der Waals surface area contributed by atoms with Crippen LogP contribution in [0.2, 0.25) is 0 Å². The number of hydrogen-bond acceptors (Lipinski definition) is 6. The Kier molecular flexibility index (Phi) is 4.62. The largest absolute Gasteiger partial charge is 0.486 e. The van der Waals surface area contributed by atoms with E-state index in [1.807, 2.05) is 32.0 Å². The standard InChI is InChI=1S/C19H21N5O3/c1-12-15(13(2)24-19(23-12)21-11-22-24)4-6-18(25)20-10-14-3-5-16-17(9-14)27-8-7-26-16/h3,5,9,11H,4,6-8,10H2,1-2H3,(H,20,25). The van der Waals surface area contributed by atoms with Crippen LogP contribution in [-0.4, -0.2) is 38.7 Å². The molecule has 0 unspecified atom stereocenters. The Hall–Kier alpha value is -3.16. The summed E-state index contributed by atoms with van der Waals surface area (Å²) in [5, 5.41) is 7.14. The smallest absolute Gasteiger partial charge is 0.252 e. The molecule has 0 saturated heterocycles. The monoisotopic (exact) mass is 367 g/mol. The number of nitrogens with one attached hydrogen (secondary N) is 1. The zero-order valence-corrected chi connectivity index (χ0v) is 15.4. The molecule has 1 aromatic carbocycles. The maximum Gasteiger partial charge on any atom is 0.252 e. The number of hydrogen-bond donors (Lipinski definition) is 1. The second-order valence-electron chi connectivity index (χ2n) is 6.49. The summed E-state index contributed by atoms with van der Waals surface area (Å²) in [7, 11) is 0. The molecule has 1 aliphatic heterocycles. The van der Waals surface area contributed by atoms with Gasteiger partial charge in [0.25, 0.3) is 5.78 Å². The molecule has 0 saturated carbocycles. The van der Waals surface area contributed by atoms with Crippen molar-refractivity contribution in [3.63, 3.8) is 0 Å². The minimum Gasteiger partial charge on any atom is -0.486 e. The Morgan fingerprint density at radius 1 is 1.22 bits per heavy atom. The van der Waals surface area contributed by atoms with Gasteiger partial charge in [0.05, 0.1) is 0 Å². The van der Waals surface area contributed by atoms with Crippen molar-refractivity contribution in [3.05, 3.63) is 47.0 Å². The number of ether oxygens (including phenoxy) is 2. The summed E-state index contributed by atoms with van der Waals surface area (Å²) in [6, 6.07) is 5.72. The molecule has 8 nitrogen and oxygen atoms in total. The first-order chi connectivity index (χ1) is 13.1. The maximum absolute atomic E-state index is 12.3. The van der Waals surface area contributed by atoms with Crippen molar-refractivity contribution in [2.75, 3.05) is 13.2 Å². The Morgan fingerprint density at radius 3 is 2.89 bits per heavy atom. The third-order valence-corrected chi connectivity index (χ3v) is 4.69. The third-order valence-electron chi connectivity index (χ3n) is 4.69. The molecule has 0 aliphatic carbocycles. The molecule has 27 heavy (non-hydrogen) atoms. The molecule has 0 atom stereocenters. The first kappa shape index (κ1) is 17.3. The number of rotatable bonds is 5. The molecule has 4 rings (SSSR count). The molecule has 3 heterocycles. The van der Waals surface area contributed by atoms with Crippen molar-refractivity contribution in [1.82, 2.24) is 24.9 Å². The van der Waals surface area contributed by atoms with Crippen molar-refractivity contribution < 1.29 is 14.3 Å². The molecule has 3 aromatic rings. The molecule has 140 valence electrons. The van der Waals surface area contributed by atoms with Gasteiger partial charge in [0.2, 0.25) is 5.91 Å². The van der Waals surface area contributed by atoms with Crippen molar-refractivity contribution in [1.29, 1.82) is 0 Å². The predicted octanol–water partition coefficient (Wildman–Crippen LogP) is 1.76. The summed E-state index contributed by atoms with van der Waals surface area (Å²) in [4.78, 5) is 20.8. The van der Waals surface area contributed by atoms with Crippen LogP contribution in [0.3, 0.4) is 0 Å². The molecule has 1 aliphatic rings. The van der Waals surface area contributed by atoms with Crippen molar-refractivity contribution >= 4 is 11.7 Å². The maximum atomic E-state index is 12.3. The lowest BCUT2D eigenvalue weighted by molar-refractivity contribution is -0.121. The van der Waals surface area contributed by atoms with Crippen LogP contribution in [0.5, 0.6) is 11.5 Å². The van der Waals surface area contributed by atoms with Crippen molar-refractivity contribution in [2.24, 2.45) is 0 Å². The molecule has 8 heteroatoms. The SMILES string of the molecule is Cc1nc2ncnn2c(C)c1CCC(=O)NCc1ccc2c(c1)OCCO2. The van der Waals surface area contributed by atoms with Crippen LogP contribution in [0.25, 0.3) is 5.78 Å². The van der Waals surface area contributed by atoms with E-state index < -0.39 is 0 Å². The number of carbonyl (C=O) groups is 1. The van der Waals surface area contributed by atoms with E-state index >= 15 is 0 Å². The first-order valence-corrected chi connectivity index (χ1v) is 8.93. The number of aryl methyl sites for hydroxylation is 2. The highest BCUT2D eigenvalue weighted by Gasteiger charge is 2.14. The van der Waals surface area contributed by atoms with E-state index in [0.717, 1.165) is 34.0 Å². The van der Waals surface area contributed by atoms with Crippen LogP contribution in [0, 0.1) is 13.8 Å². The Balaban J connectivity index is 1.36. The lowest BCUT2D eigenvalue weighted by atomic mass is 10.1. The topological polar surface area (TPSA) is 90.6 Å². The molecule has 0 radical (unpaired) electrons. The average molecular weight is 367 g/mol. The van der Waals surface area contributed by atoms with Crippen LogP contribution in [-0.2, 0) is 17.8 Å². The summed E-state index contributed by atoms with van der Waals surface area (Å²) < 4.78 is 12.8. The summed E-state index contributed by atoms with van der Waals surface area (Å²) in [6.45, 7) is 5.47. The molecule has 0 fully saturated rings. The first-order valence-electron chi connectivity index (χ1n) is 8.93. The fourth-order valence-electron chi connectivity index (χ4n) is 3.24. The fraction of sp³-hybridized carbons (Fsp3) is 0.368. The van der Waals surface area contributed by atoms with Gasteiger partial charge in [-0.25, -0.2) is 9.50 Å². The summed E-state index contributed by atoms with van der Waals surface area (Å²) in [5.74, 6) is 2.05. The van der Waals surface area contributed by atoms with Gasteiger partial charge in [0.1, 0.15) is 19.5 Å². The number of carbonyl (C=O) groups excluding carboxylic acids is 1. The summed E-state index contributed by atoms with van der Waals surface area (Å²) in [5.41, 5.74) is 3.86. The van der Waals surface area contributed by atoms with Gasteiger partial charge in [-0.1, -0.05) is 6.07 Å². The number of benzene rings is 1. The number of nitrogens with zero attached hydrogens (tertiary/aromatic N) is 4. The van der Waals surface area contributed by atoms with Gasteiger partial charge in [-0.3, -0.25) is 4.79 Å². The molecular weight excluding hydrogens is 346 g/mol. The highest BCUT2D eigenvalue weighted by atomic mass is 16.6. The highest BCUT2D eigenvalue weighted by Crippen LogP contribution is 2.30. The van der Waals surface area contributed by atoms with E-state index in [9.17, 15) is 4.79 Å². The summed E-state index contributed by atoms with van der Waals surface area (Å²) >= 11 is 0. The van der Waals surface area contributed by atoms with E-state index in [-0.39, 0.29) is 5.91 Å². The Bertz CT molecular complexity index is 998. The van der Waals surface area contributed by atoms with Gasteiger partial charge in [-0.05, 0) is 43.5 Å². The van der Waals surface area contributed by atoms with Gasteiger partial charge in [0.15, 0.2) is 11.5 Å². The highest BCUT2D eigenvalue weighted by molar-refractivity contribution is 5.76. The van der Waals surface area contributed by atoms with E-state index in [4.69, 9.17) is 9.47 Å². The van der Waals surface area contributed by atoms with Crippen LogP contribution in [0.4, 0.5) is 0 Å². The summed E-state index contributed by atoms with van der Waals surface area (Å²) in [6.07, 6.45) is 2.47. The second-order valence-corrected chi connectivity index (χ2v) is 6.49. The molecule has 1 N–H and O–H groups in total. The Labute approximate surface area is 156 Å². The number of amides is 1. The number of aromatic nitrogens is 4. The van der Waals surface area contributed by atoms with Gasteiger partial charge in [-0.15, -0.1) is 0 Å². The van der Waals surface area contributed by atoms with E-state index in [2.05, 4.69) is 20.4 Å². The fourth-order valence-corrected chi connectivity index (χ4v) is 3.24. The molecule has 1 amide bonds. The van der Waals surface area contributed by atoms with Crippen LogP contribution in [0.1, 0.15) is 28.9 Å². The molecular formula is C19H21N5O3. The lowest BCUT2D eigenvalue weighted by Gasteiger charge is -2.19. The Morgan fingerprint density at radius 2 is 2.04 bits per heavy atom. The van der Waals surface area contributed by atoms with Crippen LogP contribution < -0.4 is 14.8 Å². The number of fused-ring (bicyclic) bond motifs is 2.